The van der Waals surface area contributed by atoms with E-state index >= 15 is 0 Å². The smallest absolute Gasteiger partial charge is 0.387 e. The van der Waals surface area contributed by atoms with E-state index in [9.17, 15) is 18.0 Å². The molecule has 1 aromatic carbocycles. The molecule has 1 rings (SSSR count). The van der Waals surface area contributed by atoms with Gasteiger partial charge >= 0.3 is 12.6 Å². The second kappa shape index (κ2) is 6.64. The number of carbonyl (C=O) groups is 1. The molecule has 0 atom stereocenters. The third-order valence-corrected chi connectivity index (χ3v) is 2.13. The van der Waals surface area contributed by atoms with Crippen molar-refractivity contribution in [3.05, 3.63) is 29.1 Å². The lowest BCUT2D eigenvalue weighted by atomic mass is 10.1. The molecule has 0 saturated carbocycles. The van der Waals surface area contributed by atoms with Crippen LogP contribution in [0.4, 0.5) is 13.2 Å². The molecule has 0 N–H and O–H groups in total. The molecule has 1 aromatic rings. The van der Waals surface area contributed by atoms with Crippen molar-refractivity contribution in [2.45, 2.75) is 20.0 Å². The lowest BCUT2D eigenvalue weighted by molar-refractivity contribution is -0.142. The minimum atomic E-state index is -3.19. The topological polar surface area (TPSA) is 59.3 Å². The first-order valence-electron chi connectivity index (χ1n) is 5.30. The summed E-state index contributed by atoms with van der Waals surface area (Å²) < 4.78 is 46.8. The summed E-state index contributed by atoms with van der Waals surface area (Å²) in [5.41, 5.74) is -0.543. The molecule has 0 fully saturated rings. The van der Waals surface area contributed by atoms with Crippen LogP contribution in [0.15, 0.2) is 12.1 Å². The maximum absolute atomic E-state index is 13.7. The van der Waals surface area contributed by atoms with Crippen LogP contribution in [0.25, 0.3) is 0 Å². The Bertz CT molecular complexity index is 512. The summed E-state index contributed by atoms with van der Waals surface area (Å²) in [5, 5.41) is 8.63. The number of rotatable bonds is 5. The fourth-order valence-corrected chi connectivity index (χ4v) is 1.40. The van der Waals surface area contributed by atoms with Crippen molar-refractivity contribution in [3.63, 3.8) is 0 Å². The Morgan fingerprint density at radius 2 is 2.16 bits per heavy atom. The van der Waals surface area contributed by atoms with Gasteiger partial charge in [-0.1, -0.05) is 0 Å². The molecule has 0 spiro atoms. The van der Waals surface area contributed by atoms with Crippen molar-refractivity contribution >= 4 is 5.97 Å². The molecule has 0 unspecified atom stereocenters. The molecule has 0 radical (unpaired) electrons. The third-order valence-electron chi connectivity index (χ3n) is 2.13. The molecular weight excluding hydrogens is 263 g/mol. The minimum absolute atomic E-state index is 0.0851. The van der Waals surface area contributed by atoms with Crippen LogP contribution in [0.2, 0.25) is 0 Å². The molecule has 7 heteroatoms. The molecule has 0 aliphatic heterocycles. The highest BCUT2D eigenvalue weighted by Gasteiger charge is 2.19. The van der Waals surface area contributed by atoms with E-state index in [1.165, 1.54) is 0 Å². The van der Waals surface area contributed by atoms with E-state index in [2.05, 4.69) is 9.47 Å². The lowest BCUT2D eigenvalue weighted by Crippen LogP contribution is -2.12. The van der Waals surface area contributed by atoms with E-state index in [1.54, 1.807) is 13.0 Å². The van der Waals surface area contributed by atoms with Gasteiger partial charge in [-0.05, 0) is 19.1 Å². The SMILES string of the molecule is CCOC(=O)Cc1c(F)cc(C#N)cc1OC(F)F. The van der Waals surface area contributed by atoms with Crippen molar-refractivity contribution in [1.29, 1.82) is 5.26 Å². The Morgan fingerprint density at radius 3 is 2.68 bits per heavy atom. The van der Waals surface area contributed by atoms with E-state index in [0.29, 0.717) is 0 Å². The van der Waals surface area contributed by atoms with Crippen molar-refractivity contribution in [1.82, 2.24) is 0 Å². The van der Waals surface area contributed by atoms with Gasteiger partial charge in [0.15, 0.2) is 0 Å². The van der Waals surface area contributed by atoms with Gasteiger partial charge in [-0.25, -0.2) is 4.39 Å². The highest BCUT2D eigenvalue weighted by atomic mass is 19.3. The fraction of sp³-hybridized carbons (Fsp3) is 0.333. The first kappa shape index (κ1) is 14.8. The molecule has 0 aromatic heterocycles. The van der Waals surface area contributed by atoms with E-state index < -0.39 is 30.6 Å². The minimum Gasteiger partial charge on any atom is -0.466 e. The monoisotopic (exact) mass is 273 g/mol. The Balaban J connectivity index is 3.13. The van der Waals surface area contributed by atoms with E-state index in [4.69, 9.17) is 5.26 Å². The molecule has 4 nitrogen and oxygen atoms in total. The molecule has 0 aliphatic carbocycles. The van der Waals surface area contributed by atoms with Crippen LogP contribution >= 0.6 is 0 Å². The van der Waals surface area contributed by atoms with Gasteiger partial charge in [-0.15, -0.1) is 0 Å². The number of hydrogen-bond acceptors (Lipinski definition) is 4. The largest absolute Gasteiger partial charge is 0.466 e. The third kappa shape index (κ3) is 4.17. The molecule has 0 aliphatic rings. The molecular formula is C12H10F3NO3. The maximum Gasteiger partial charge on any atom is 0.387 e. The molecule has 0 saturated heterocycles. The van der Waals surface area contributed by atoms with Gasteiger partial charge < -0.3 is 9.47 Å². The average molecular weight is 273 g/mol. The zero-order valence-corrected chi connectivity index (χ0v) is 9.95. The van der Waals surface area contributed by atoms with Gasteiger partial charge in [0.05, 0.1) is 24.7 Å². The number of nitriles is 1. The van der Waals surface area contributed by atoms with Crippen LogP contribution < -0.4 is 4.74 Å². The molecule has 0 heterocycles. The Morgan fingerprint density at radius 1 is 1.47 bits per heavy atom. The standard InChI is InChI=1S/C12H10F3NO3/c1-2-18-11(17)5-8-9(13)3-7(6-16)4-10(8)19-12(14)15/h3-4,12H,2,5H2,1H3. The van der Waals surface area contributed by atoms with Crippen LogP contribution in [0, 0.1) is 17.1 Å². The zero-order chi connectivity index (χ0) is 14.4. The Hall–Kier alpha value is -2.23. The van der Waals surface area contributed by atoms with Gasteiger partial charge in [0.25, 0.3) is 0 Å². The van der Waals surface area contributed by atoms with Crippen molar-refractivity contribution in [2.75, 3.05) is 6.61 Å². The van der Waals surface area contributed by atoms with Gasteiger partial charge in [-0.3, -0.25) is 4.79 Å². The Labute approximate surface area is 107 Å². The predicted molar refractivity (Wildman–Crippen MR) is 58.1 cm³/mol. The van der Waals surface area contributed by atoms with E-state index in [1.807, 2.05) is 0 Å². The van der Waals surface area contributed by atoms with E-state index in [-0.39, 0.29) is 17.7 Å². The lowest BCUT2D eigenvalue weighted by Gasteiger charge is -2.11. The summed E-state index contributed by atoms with van der Waals surface area (Å²) in [6.07, 6.45) is -0.548. The van der Waals surface area contributed by atoms with Crippen molar-refractivity contribution in [3.8, 4) is 11.8 Å². The normalized spacial score (nSPS) is 10.1. The highest BCUT2D eigenvalue weighted by Crippen LogP contribution is 2.26. The number of carbonyl (C=O) groups excluding carboxylic acids is 1. The van der Waals surface area contributed by atoms with Gasteiger partial charge in [0, 0.05) is 5.56 Å². The maximum atomic E-state index is 13.7. The first-order valence-corrected chi connectivity index (χ1v) is 5.30. The number of hydrogen-bond donors (Lipinski definition) is 0. The van der Waals surface area contributed by atoms with E-state index in [0.717, 1.165) is 12.1 Å². The highest BCUT2D eigenvalue weighted by molar-refractivity contribution is 5.73. The number of ether oxygens (including phenoxy) is 2. The summed E-state index contributed by atoms with van der Waals surface area (Å²) in [6, 6.07) is 3.39. The summed E-state index contributed by atoms with van der Waals surface area (Å²) in [6.45, 7) is -1.54. The molecule has 102 valence electrons. The summed E-state index contributed by atoms with van der Waals surface area (Å²) in [5.74, 6) is -2.28. The number of halogens is 3. The fourth-order valence-electron chi connectivity index (χ4n) is 1.40. The molecule has 0 amide bonds. The molecule has 19 heavy (non-hydrogen) atoms. The summed E-state index contributed by atoms with van der Waals surface area (Å²) in [4.78, 5) is 11.3. The van der Waals surface area contributed by atoms with Crippen molar-refractivity contribution < 1.29 is 27.4 Å². The zero-order valence-electron chi connectivity index (χ0n) is 9.95. The number of benzene rings is 1. The summed E-state index contributed by atoms with van der Waals surface area (Å²) >= 11 is 0. The summed E-state index contributed by atoms with van der Waals surface area (Å²) in [7, 11) is 0. The van der Waals surface area contributed by atoms with Crippen LogP contribution in [0.3, 0.4) is 0 Å². The van der Waals surface area contributed by atoms with Crippen LogP contribution in [0.1, 0.15) is 18.1 Å². The van der Waals surface area contributed by atoms with Crippen LogP contribution in [-0.2, 0) is 16.0 Å². The average Bonchev–Trinajstić information content (AvgIpc) is 2.32. The second-order valence-electron chi connectivity index (χ2n) is 3.41. The Kier molecular flexibility index (Phi) is 5.18. The van der Waals surface area contributed by atoms with Crippen LogP contribution in [0.5, 0.6) is 5.75 Å². The molecule has 0 bridgehead atoms. The number of nitrogens with zero attached hydrogens (tertiary/aromatic N) is 1. The number of alkyl halides is 2. The predicted octanol–water partition coefficient (Wildman–Crippen LogP) is 2.40. The van der Waals surface area contributed by atoms with Gasteiger partial charge in [0.2, 0.25) is 0 Å². The first-order chi connectivity index (χ1) is 8.97. The van der Waals surface area contributed by atoms with Crippen LogP contribution in [-0.4, -0.2) is 19.2 Å². The number of esters is 1. The van der Waals surface area contributed by atoms with Gasteiger partial charge in [-0.2, -0.15) is 14.0 Å². The van der Waals surface area contributed by atoms with Gasteiger partial charge in [0.1, 0.15) is 11.6 Å². The van der Waals surface area contributed by atoms with Crippen molar-refractivity contribution in [2.24, 2.45) is 0 Å². The second-order valence-corrected chi connectivity index (χ2v) is 3.41. The quantitative estimate of drug-likeness (QED) is 0.773.